The number of amides is 1. The quantitative estimate of drug-likeness (QED) is 0.862. The highest BCUT2D eigenvalue weighted by Crippen LogP contribution is 2.24. The van der Waals surface area contributed by atoms with E-state index >= 15 is 0 Å². The predicted octanol–water partition coefficient (Wildman–Crippen LogP) is 1.85. The Morgan fingerprint density at radius 3 is 2.52 bits per heavy atom. The molecule has 2 saturated heterocycles. The lowest BCUT2D eigenvalue weighted by molar-refractivity contribution is -0.132. The number of nitrogens with one attached hydrogen (secondary N) is 1. The van der Waals surface area contributed by atoms with Crippen molar-refractivity contribution in [3.05, 3.63) is 0 Å². The molecule has 3 fully saturated rings. The van der Waals surface area contributed by atoms with Crippen molar-refractivity contribution in [1.82, 2.24) is 15.1 Å². The molecule has 2 heterocycles. The Balaban J connectivity index is 1.45. The molecule has 1 atom stereocenters. The smallest absolute Gasteiger partial charge is 0.239 e. The second-order valence-corrected chi connectivity index (χ2v) is 7.13. The highest BCUT2D eigenvalue weighted by atomic mass is 16.2. The molecule has 0 unspecified atom stereocenters. The van der Waals surface area contributed by atoms with Gasteiger partial charge in [0, 0.05) is 26.2 Å². The zero-order valence-electron chi connectivity index (χ0n) is 13.4. The van der Waals surface area contributed by atoms with Gasteiger partial charge in [-0.15, -0.1) is 0 Å². The van der Waals surface area contributed by atoms with Crippen molar-refractivity contribution >= 4 is 5.91 Å². The fourth-order valence-electron chi connectivity index (χ4n) is 4.22. The van der Waals surface area contributed by atoms with Crippen LogP contribution in [0.5, 0.6) is 0 Å². The average molecular weight is 293 g/mol. The third-order valence-corrected chi connectivity index (χ3v) is 5.50. The summed E-state index contributed by atoms with van der Waals surface area (Å²) in [6.07, 6.45) is 10.5. The highest BCUT2D eigenvalue weighted by Gasteiger charge is 2.28. The first-order valence-electron chi connectivity index (χ1n) is 9.07. The van der Waals surface area contributed by atoms with Crippen LogP contribution in [0.2, 0.25) is 0 Å². The number of nitrogens with zero attached hydrogens (tertiary/aromatic N) is 2. The summed E-state index contributed by atoms with van der Waals surface area (Å²) < 4.78 is 0. The lowest BCUT2D eigenvalue weighted by Crippen LogP contribution is -2.45. The molecule has 2 aliphatic heterocycles. The summed E-state index contributed by atoms with van der Waals surface area (Å²) in [6, 6.07) is 0.106. The van der Waals surface area contributed by atoms with E-state index in [1.54, 1.807) is 0 Å². The van der Waals surface area contributed by atoms with Crippen LogP contribution in [0.15, 0.2) is 0 Å². The van der Waals surface area contributed by atoms with E-state index in [0.29, 0.717) is 5.91 Å². The number of carbonyl (C=O) groups is 1. The lowest BCUT2D eigenvalue weighted by Gasteiger charge is -2.29. The first-order valence-corrected chi connectivity index (χ1v) is 9.07. The van der Waals surface area contributed by atoms with Crippen LogP contribution in [-0.2, 0) is 4.79 Å². The minimum absolute atomic E-state index is 0.106. The third kappa shape index (κ3) is 4.19. The largest absolute Gasteiger partial charge is 0.340 e. The Morgan fingerprint density at radius 2 is 1.76 bits per heavy atom. The van der Waals surface area contributed by atoms with Gasteiger partial charge in [-0.25, -0.2) is 0 Å². The molecule has 3 aliphatic rings. The van der Waals surface area contributed by atoms with Crippen molar-refractivity contribution in [3.63, 3.8) is 0 Å². The molecule has 1 saturated carbocycles. The number of rotatable bonds is 3. The van der Waals surface area contributed by atoms with E-state index < -0.39 is 0 Å². The molecule has 1 amide bonds. The Morgan fingerprint density at radius 1 is 0.905 bits per heavy atom. The van der Waals surface area contributed by atoms with Gasteiger partial charge in [0.15, 0.2) is 0 Å². The van der Waals surface area contributed by atoms with Crippen LogP contribution < -0.4 is 5.32 Å². The van der Waals surface area contributed by atoms with Gasteiger partial charge in [0.1, 0.15) is 0 Å². The standard InChI is InChI=1S/C17H31N3O/c21-17(16-8-4-9-18-16)20-11-5-10-19(12-13-20)14-15-6-2-1-3-7-15/h15-16,18H,1-14H2/t16-/m0/s1. The molecule has 0 radical (unpaired) electrons. The van der Waals surface area contributed by atoms with Crippen LogP contribution in [0, 0.1) is 5.92 Å². The van der Waals surface area contributed by atoms with Crippen LogP contribution in [0.3, 0.4) is 0 Å². The van der Waals surface area contributed by atoms with Crippen molar-refractivity contribution in [2.75, 3.05) is 39.3 Å². The maximum Gasteiger partial charge on any atom is 0.239 e. The van der Waals surface area contributed by atoms with E-state index in [1.807, 2.05) is 0 Å². The van der Waals surface area contributed by atoms with Crippen molar-refractivity contribution in [3.8, 4) is 0 Å². The maximum absolute atomic E-state index is 12.5. The van der Waals surface area contributed by atoms with Gasteiger partial charge in [0.2, 0.25) is 5.91 Å². The Bertz CT molecular complexity index is 335. The third-order valence-electron chi connectivity index (χ3n) is 5.50. The van der Waals surface area contributed by atoms with Crippen molar-refractivity contribution in [1.29, 1.82) is 0 Å². The van der Waals surface area contributed by atoms with Gasteiger partial charge < -0.3 is 15.1 Å². The molecule has 4 nitrogen and oxygen atoms in total. The molecule has 0 aromatic carbocycles. The first kappa shape index (κ1) is 15.3. The topological polar surface area (TPSA) is 35.6 Å². The summed E-state index contributed by atoms with van der Waals surface area (Å²) in [5.41, 5.74) is 0. The lowest BCUT2D eigenvalue weighted by atomic mass is 9.89. The SMILES string of the molecule is O=C([C@@H]1CCCN1)N1CCCN(CC2CCCCC2)CC1. The fraction of sp³-hybridized carbons (Fsp3) is 0.941. The highest BCUT2D eigenvalue weighted by molar-refractivity contribution is 5.82. The molecule has 4 heteroatoms. The average Bonchev–Trinajstić information content (AvgIpc) is 2.95. The van der Waals surface area contributed by atoms with Crippen LogP contribution >= 0.6 is 0 Å². The molecule has 21 heavy (non-hydrogen) atoms. The Labute approximate surface area is 129 Å². The van der Waals surface area contributed by atoms with Gasteiger partial charge in [-0.3, -0.25) is 4.79 Å². The number of hydrogen-bond acceptors (Lipinski definition) is 3. The summed E-state index contributed by atoms with van der Waals surface area (Å²) in [6.45, 7) is 6.43. The van der Waals surface area contributed by atoms with E-state index in [0.717, 1.165) is 51.4 Å². The van der Waals surface area contributed by atoms with E-state index in [-0.39, 0.29) is 6.04 Å². The van der Waals surface area contributed by atoms with Gasteiger partial charge in [0.25, 0.3) is 0 Å². The molecule has 3 rings (SSSR count). The molecular weight excluding hydrogens is 262 g/mol. The van der Waals surface area contributed by atoms with Crippen molar-refractivity contribution in [2.45, 2.75) is 57.4 Å². The predicted molar refractivity (Wildman–Crippen MR) is 85.2 cm³/mol. The molecule has 1 N–H and O–H groups in total. The normalized spacial score (nSPS) is 29.5. The Kier molecular flexibility index (Phi) is 5.53. The molecule has 0 bridgehead atoms. The summed E-state index contributed by atoms with van der Waals surface area (Å²) in [4.78, 5) is 17.2. The summed E-state index contributed by atoms with van der Waals surface area (Å²) in [5.74, 6) is 1.27. The van der Waals surface area contributed by atoms with Crippen LogP contribution in [0.25, 0.3) is 0 Å². The first-order chi connectivity index (χ1) is 10.3. The van der Waals surface area contributed by atoms with E-state index in [9.17, 15) is 4.79 Å². The zero-order valence-corrected chi connectivity index (χ0v) is 13.4. The summed E-state index contributed by atoms with van der Waals surface area (Å²) in [5, 5.41) is 3.35. The minimum Gasteiger partial charge on any atom is -0.340 e. The number of carbonyl (C=O) groups excluding carboxylic acids is 1. The Hall–Kier alpha value is -0.610. The summed E-state index contributed by atoms with van der Waals surface area (Å²) in [7, 11) is 0. The van der Waals surface area contributed by atoms with Gasteiger partial charge in [0.05, 0.1) is 6.04 Å². The van der Waals surface area contributed by atoms with E-state index in [2.05, 4.69) is 15.1 Å². The van der Waals surface area contributed by atoms with Crippen LogP contribution in [0.4, 0.5) is 0 Å². The molecule has 0 aromatic rings. The van der Waals surface area contributed by atoms with Gasteiger partial charge in [-0.05, 0) is 51.1 Å². The van der Waals surface area contributed by atoms with Crippen molar-refractivity contribution < 1.29 is 4.79 Å². The molecular formula is C17H31N3O. The molecule has 120 valence electrons. The second kappa shape index (κ2) is 7.59. The number of hydrogen-bond donors (Lipinski definition) is 1. The second-order valence-electron chi connectivity index (χ2n) is 7.13. The molecule has 0 spiro atoms. The molecule has 0 aromatic heterocycles. The fourth-order valence-corrected chi connectivity index (χ4v) is 4.22. The summed E-state index contributed by atoms with van der Waals surface area (Å²) >= 11 is 0. The zero-order chi connectivity index (χ0) is 14.5. The van der Waals surface area contributed by atoms with Crippen LogP contribution in [0.1, 0.15) is 51.4 Å². The van der Waals surface area contributed by atoms with E-state index in [4.69, 9.17) is 0 Å². The van der Waals surface area contributed by atoms with Crippen LogP contribution in [-0.4, -0.2) is 61.0 Å². The van der Waals surface area contributed by atoms with E-state index in [1.165, 1.54) is 45.2 Å². The maximum atomic E-state index is 12.5. The molecule has 1 aliphatic carbocycles. The van der Waals surface area contributed by atoms with Gasteiger partial charge >= 0.3 is 0 Å². The van der Waals surface area contributed by atoms with Gasteiger partial charge in [-0.1, -0.05) is 19.3 Å². The van der Waals surface area contributed by atoms with Crippen molar-refractivity contribution in [2.24, 2.45) is 5.92 Å². The monoisotopic (exact) mass is 293 g/mol. The minimum atomic E-state index is 0.106. The van der Waals surface area contributed by atoms with Gasteiger partial charge in [-0.2, -0.15) is 0 Å².